The summed E-state index contributed by atoms with van der Waals surface area (Å²) >= 11 is 5.00. The molecule has 1 amide bonds. The van der Waals surface area contributed by atoms with Crippen molar-refractivity contribution in [1.82, 2.24) is 9.88 Å². The minimum Gasteiger partial charge on any atom is -0.480 e. The van der Waals surface area contributed by atoms with Crippen LogP contribution in [0.3, 0.4) is 0 Å². The fraction of sp³-hybridized carbons (Fsp3) is 0.375. The summed E-state index contributed by atoms with van der Waals surface area (Å²) in [5.74, 6) is -0.518. The van der Waals surface area contributed by atoms with Crippen LogP contribution in [0.1, 0.15) is 12.8 Å². The lowest BCUT2D eigenvalue weighted by Gasteiger charge is -2.14. The van der Waals surface area contributed by atoms with Gasteiger partial charge in [-0.25, -0.2) is 4.79 Å². The number of nitrogens with one attached hydrogen (secondary N) is 1. The molecule has 2 N–H and O–H groups in total. The highest BCUT2D eigenvalue weighted by molar-refractivity contribution is 9.10. The molecule has 5 nitrogen and oxygen atoms in total. The zero-order valence-electron chi connectivity index (χ0n) is 12.8. The summed E-state index contributed by atoms with van der Waals surface area (Å²) < 4.78 is 3.01. The number of hydrogen-bond donors (Lipinski definition) is 2. The highest BCUT2D eigenvalue weighted by Gasteiger charge is 2.19. The molecule has 0 aliphatic rings. The second kappa shape index (κ2) is 8.40. The van der Waals surface area contributed by atoms with Crippen LogP contribution >= 0.6 is 27.7 Å². The summed E-state index contributed by atoms with van der Waals surface area (Å²) in [6.45, 7) is 0.520. The van der Waals surface area contributed by atoms with Crippen molar-refractivity contribution in [1.29, 1.82) is 0 Å². The van der Waals surface area contributed by atoms with Gasteiger partial charge in [0.1, 0.15) is 6.04 Å². The number of thioether (sulfide) groups is 1. The number of aliphatic carboxylic acids is 1. The lowest BCUT2D eigenvalue weighted by molar-refractivity contribution is -0.141. The van der Waals surface area contributed by atoms with Gasteiger partial charge >= 0.3 is 5.97 Å². The van der Waals surface area contributed by atoms with Gasteiger partial charge in [-0.1, -0.05) is 15.9 Å². The molecule has 0 fully saturated rings. The molecule has 0 bridgehead atoms. The Labute approximate surface area is 147 Å². The molecule has 0 saturated carbocycles. The average molecular weight is 399 g/mol. The molecule has 1 atom stereocenters. The number of aryl methyl sites for hydroxylation is 1. The second-order valence-corrected chi connectivity index (χ2v) is 7.10. The van der Waals surface area contributed by atoms with Gasteiger partial charge in [-0.3, -0.25) is 4.79 Å². The molecule has 23 heavy (non-hydrogen) atoms. The van der Waals surface area contributed by atoms with Gasteiger partial charge < -0.3 is 15.0 Å². The van der Waals surface area contributed by atoms with Crippen molar-refractivity contribution in [2.45, 2.75) is 25.4 Å². The van der Waals surface area contributed by atoms with Gasteiger partial charge in [-0.2, -0.15) is 11.8 Å². The van der Waals surface area contributed by atoms with E-state index >= 15 is 0 Å². The maximum absolute atomic E-state index is 12.0. The number of carbonyl (C=O) groups is 2. The van der Waals surface area contributed by atoms with Gasteiger partial charge in [-0.15, -0.1) is 0 Å². The first-order valence-electron chi connectivity index (χ1n) is 7.26. The van der Waals surface area contributed by atoms with Crippen LogP contribution in [0.2, 0.25) is 0 Å². The van der Waals surface area contributed by atoms with Gasteiger partial charge in [0.2, 0.25) is 5.91 Å². The largest absolute Gasteiger partial charge is 0.480 e. The number of aromatic nitrogens is 1. The number of nitrogens with zero attached hydrogens (tertiary/aromatic N) is 1. The quantitative estimate of drug-likeness (QED) is 0.716. The van der Waals surface area contributed by atoms with Crippen LogP contribution in [0.15, 0.2) is 34.9 Å². The molecule has 0 saturated heterocycles. The van der Waals surface area contributed by atoms with E-state index in [0.717, 1.165) is 15.4 Å². The average Bonchev–Trinajstić information content (AvgIpc) is 2.91. The lowest BCUT2D eigenvalue weighted by Crippen LogP contribution is -2.41. The van der Waals surface area contributed by atoms with Gasteiger partial charge in [0, 0.05) is 34.5 Å². The van der Waals surface area contributed by atoms with E-state index in [-0.39, 0.29) is 12.3 Å². The van der Waals surface area contributed by atoms with Crippen LogP contribution in [0, 0.1) is 0 Å². The van der Waals surface area contributed by atoms with Crippen LogP contribution in [0.4, 0.5) is 0 Å². The Balaban J connectivity index is 1.93. The molecular formula is C16H19BrN2O3S. The number of amides is 1. The number of halogens is 1. The zero-order valence-corrected chi connectivity index (χ0v) is 15.2. The Bertz CT molecular complexity index is 702. The van der Waals surface area contributed by atoms with Crippen LogP contribution in [0.25, 0.3) is 10.9 Å². The summed E-state index contributed by atoms with van der Waals surface area (Å²) in [7, 11) is 0. The van der Waals surface area contributed by atoms with Crippen molar-refractivity contribution < 1.29 is 14.7 Å². The highest BCUT2D eigenvalue weighted by Crippen LogP contribution is 2.21. The SMILES string of the molecule is CSCC[C@@H](NC(=O)CCn1ccc2cc(Br)ccc21)C(=O)O. The summed E-state index contributed by atoms with van der Waals surface area (Å²) in [6.07, 6.45) is 4.54. The highest BCUT2D eigenvalue weighted by atomic mass is 79.9. The fourth-order valence-corrected chi connectivity index (χ4v) is 3.20. The molecule has 0 unspecified atom stereocenters. The molecule has 2 aromatic rings. The van der Waals surface area contributed by atoms with Gasteiger partial charge in [0.25, 0.3) is 0 Å². The number of benzene rings is 1. The first kappa shape index (κ1) is 17.9. The topological polar surface area (TPSA) is 71.3 Å². The molecular weight excluding hydrogens is 380 g/mol. The molecule has 1 aromatic heterocycles. The Morgan fingerprint density at radius 3 is 2.87 bits per heavy atom. The molecule has 2 rings (SSSR count). The third-order valence-corrected chi connectivity index (χ3v) is 4.69. The maximum atomic E-state index is 12.0. The van der Waals surface area contributed by atoms with Crippen LogP contribution < -0.4 is 5.32 Å². The van der Waals surface area contributed by atoms with Gasteiger partial charge in [-0.05, 0) is 42.7 Å². The number of fused-ring (bicyclic) bond motifs is 1. The van der Waals surface area contributed by atoms with E-state index in [1.165, 1.54) is 0 Å². The predicted molar refractivity (Wildman–Crippen MR) is 96.8 cm³/mol. The van der Waals surface area contributed by atoms with Crippen LogP contribution in [-0.2, 0) is 16.1 Å². The number of carboxylic acid groups (broad SMARTS) is 1. The van der Waals surface area contributed by atoms with Crippen molar-refractivity contribution in [3.05, 3.63) is 34.9 Å². The van der Waals surface area contributed by atoms with Crippen molar-refractivity contribution in [2.75, 3.05) is 12.0 Å². The molecule has 124 valence electrons. The number of carboxylic acids is 1. The van der Waals surface area contributed by atoms with E-state index in [1.54, 1.807) is 11.8 Å². The number of hydrogen-bond acceptors (Lipinski definition) is 3. The van der Waals surface area contributed by atoms with Gasteiger partial charge in [0.15, 0.2) is 0 Å². The van der Waals surface area contributed by atoms with E-state index in [4.69, 9.17) is 5.11 Å². The van der Waals surface area contributed by atoms with Crippen molar-refractivity contribution in [3.63, 3.8) is 0 Å². The molecule has 1 heterocycles. The number of carbonyl (C=O) groups excluding carboxylic acids is 1. The Morgan fingerprint density at radius 2 is 2.17 bits per heavy atom. The molecule has 0 aliphatic carbocycles. The third kappa shape index (κ3) is 5.00. The summed E-state index contributed by atoms with van der Waals surface area (Å²) in [4.78, 5) is 23.2. The monoisotopic (exact) mass is 398 g/mol. The predicted octanol–water partition coefficient (Wildman–Crippen LogP) is 3.12. The lowest BCUT2D eigenvalue weighted by atomic mass is 10.2. The van der Waals surface area contributed by atoms with Crippen LogP contribution in [-0.4, -0.2) is 39.6 Å². The summed E-state index contributed by atoms with van der Waals surface area (Å²) in [6, 6.07) is 7.16. The van der Waals surface area contributed by atoms with Gasteiger partial charge in [0.05, 0.1) is 0 Å². The summed E-state index contributed by atoms with van der Waals surface area (Å²) in [5.41, 5.74) is 1.05. The zero-order chi connectivity index (χ0) is 16.8. The number of rotatable bonds is 8. The molecule has 0 radical (unpaired) electrons. The van der Waals surface area contributed by atoms with Crippen LogP contribution in [0.5, 0.6) is 0 Å². The minimum absolute atomic E-state index is 0.238. The first-order valence-corrected chi connectivity index (χ1v) is 9.45. The Morgan fingerprint density at radius 1 is 1.39 bits per heavy atom. The Hall–Kier alpha value is -1.47. The van der Waals surface area contributed by atoms with Crippen molar-refractivity contribution in [2.24, 2.45) is 0 Å². The van der Waals surface area contributed by atoms with E-state index < -0.39 is 12.0 Å². The molecule has 1 aromatic carbocycles. The third-order valence-electron chi connectivity index (χ3n) is 3.56. The van der Waals surface area contributed by atoms with Crippen molar-refractivity contribution in [3.8, 4) is 0 Å². The van der Waals surface area contributed by atoms with E-state index in [2.05, 4.69) is 21.2 Å². The Kier molecular flexibility index (Phi) is 6.53. The fourth-order valence-electron chi connectivity index (χ4n) is 2.35. The maximum Gasteiger partial charge on any atom is 0.326 e. The smallest absolute Gasteiger partial charge is 0.326 e. The first-order chi connectivity index (χ1) is 11.0. The normalized spacial score (nSPS) is 12.3. The van der Waals surface area contributed by atoms with E-state index in [0.29, 0.717) is 18.7 Å². The standard InChI is InChI=1S/C16H19BrN2O3S/c1-23-9-6-13(16(21)22)18-15(20)5-8-19-7-4-11-10-12(17)2-3-14(11)19/h2-4,7,10,13H,5-6,8-9H2,1H3,(H,18,20)(H,21,22)/t13-/m1/s1. The second-order valence-electron chi connectivity index (χ2n) is 5.20. The minimum atomic E-state index is -0.983. The molecule has 7 heteroatoms. The van der Waals surface area contributed by atoms with E-state index in [1.807, 2.05) is 41.3 Å². The summed E-state index contributed by atoms with van der Waals surface area (Å²) in [5, 5.41) is 12.8. The van der Waals surface area contributed by atoms with E-state index in [9.17, 15) is 9.59 Å². The molecule has 0 spiro atoms. The van der Waals surface area contributed by atoms with Crippen molar-refractivity contribution >= 4 is 50.5 Å². The molecule has 0 aliphatic heterocycles.